The maximum atomic E-state index is 13.0. The Morgan fingerprint density at radius 1 is 1.00 bits per heavy atom. The van der Waals surface area contributed by atoms with Crippen molar-refractivity contribution >= 4 is 22.6 Å². The minimum atomic E-state index is 0.0468. The van der Waals surface area contributed by atoms with Gasteiger partial charge in [0.1, 0.15) is 18.2 Å². The number of hydrogen-bond acceptors (Lipinski definition) is 3. The zero-order valence-corrected chi connectivity index (χ0v) is 21.5. The molecule has 2 atom stereocenters. The predicted octanol–water partition coefficient (Wildman–Crippen LogP) is 6.71. The minimum Gasteiger partial charge on any atom is -0.492 e. The first kappa shape index (κ1) is 24.1. The van der Waals surface area contributed by atoms with Gasteiger partial charge in [0.15, 0.2) is 0 Å². The van der Waals surface area contributed by atoms with Crippen LogP contribution in [0.15, 0.2) is 72.8 Å². The second-order valence-electron chi connectivity index (χ2n) is 9.76. The summed E-state index contributed by atoms with van der Waals surface area (Å²) in [5.41, 5.74) is 5.63. The number of carbonyl (C=O) groups is 1. The van der Waals surface area contributed by atoms with E-state index >= 15 is 0 Å². The van der Waals surface area contributed by atoms with Crippen molar-refractivity contribution in [1.82, 2.24) is 9.55 Å². The van der Waals surface area contributed by atoms with Crippen molar-refractivity contribution in [1.29, 1.82) is 0 Å². The number of ether oxygens (including phenoxy) is 1. The number of benzene rings is 3. The van der Waals surface area contributed by atoms with Crippen LogP contribution in [-0.4, -0.2) is 28.6 Å². The Morgan fingerprint density at radius 2 is 1.75 bits per heavy atom. The summed E-state index contributed by atoms with van der Waals surface area (Å²) in [5.74, 6) is 2.60. The summed E-state index contributed by atoms with van der Waals surface area (Å²) < 4.78 is 8.36. The van der Waals surface area contributed by atoms with Crippen LogP contribution in [0.5, 0.6) is 5.75 Å². The fraction of sp³-hybridized carbons (Fsp3) is 0.355. The number of fused-ring (bicyclic) bond motifs is 1. The Hall–Kier alpha value is -3.60. The lowest BCUT2D eigenvalue weighted by Crippen LogP contribution is -2.24. The molecule has 2 heterocycles. The molecule has 4 aromatic rings. The summed E-state index contributed by atoms with van der Waals surface area (Å²) in [6, 6.07) is 25.0. The van der Waals surface area contributed by atoms with Gasteiger partial charge in [0.05, 0.1) is 17.6 Å². The Labute approximate surface area is 213 Å². The molecule has 1 saturated heterocycles. The van der Waals surface area contributed by atoms with E-state index in [2.05, 4.69) is 79.9 Å². The van der Waals surface area contributed by atoms with Crippen LogP contribution in [-0.2, 0) is 17.8 Å². The van der Waals surface area contributed by atoms with E-state index in [1.807, 2.05) is 23.1 Å². The van der Waals surface area contributed by atoms with Gasteiger partial charge in [0.25, 0.3) is 0 Å². The maximum Gasteiger partial charge on any atom is 0.227 e. The van der Waals surface area contributed by atoms with Crippen LogP contribution in [0.4, 0.5) is 5.69 Å². The molecule has 0 radical (unpaired) electrons. The van der Waals surface area contributed by atoms with Gasteiger partial charge < -0.3 is 14.2 Å². The van der Waals surface area contributed by atoms with Crippen LogP contribution >= 0.6 is 0 Å². The monoisotopic (exact) mass is 481 g/mol. The zero-order valence-electron chi connectivity index (χ0n) is 21.5. The molecule has 0 bridgehead atoms. The number of imidazole rings is 1. The van der Waals surface area contributed by atoms with Crippen LogP contribution in [0.3, 0.4) is 0 Å². The van der Waals surface area contributed by atoms with Crippen LogP contribution in [0.25, 0.3) is 11.0 Å². The quantitative estimate of drug-likeness (QED) is 0.267. The number of aryl methyl sites for hydroxylation is 1. The van der Waals surface area contributed by atoms with Crippen molar-refractivity contribution in [3.05, 3.63) is 89.7 Å². The van der Waals surface area contributed by atoms with Crippen molar-refractivity contribution in [2.75, 3.05) is 18.1 Å². The Morgan fingerprint density at radius 3 is 2.47 bits per heavy atom. The van der Waals surface area contributed by atoms with Gasteiger partial charge in [-0.05, 0) is 66.3 Å². The molecule has 1 fully saturated rings. The van der Waals surface area contributed by atoms with Gasteiger partial charge in [-0.15, -0.1) is 0 Å². The molecule has 1 aliphatic heterocycles. The van der Waals surface area contributed by atoms with Crippen molar-refractivity contribution < 1.29 is 9.53 Å². The molecule has 5 heteroatoms. The van der Waals surface area contributed by atoms with E-state index in [1.165, 1.54) is 11.1 Å². The minimum absolute atomic E-state index is 0.0468. The highest BCUT2D eigenvalue weighted by Gasteiger charge is 2.34. The van der Waals surface area contributed by atoms with E-state index in [4.69, 9.17) is 9.72 Å². The van der Waals surface area contributed by atoms with Gasteiger partial charge in [0, 0.05) is 24.6 Å². The summed E-state index contributed by atoms with van der Waals surface area (Å²) in [5, 5.41) is 0. The summed E-state index contributed by atoms with van der Waals surface area (Å²) in [4.78, 5) is 19.9. The van der Waals surface area contributed by atoms with Gasteiger partial charge in [-0.3, -0.25) is 4.79 Å². The Balaban J connectivity index is 1.33. The molecule has 0 spiro atoms. The summed E-state index contributed by atoms with van der Waals surface area (Å²) >= 11 is 0. The predicted molar refractivity (Wildman–Crippen MR) is 146 cm³/mol. The van der Waals surface area contributed by atoms with Crippen molar-refractivity contribution in [3.63, 3.8) is 0 Å². The van der Waals surface area contributed by atoms with Crippen molar-refractivity contribution in [3.8, 4) is 5.75 Å². The molecular formula is C31H35N3O2. The molecule has 1 aliphatic rings. The molecule has 1 aromatic heterocycles. The largest absolute Gasteiger partial charge is 0.492 e. The first-order valence-electron chi connectivity index (χ1n) is 13.1. The van der Waals surface area contributed by atoms with E-state index in [0.717, 1.165) is 41.1 Å². The topological polar surface area (TPSA) is 47.4 Å². The highest BCUT2D eigenvalue weighted by atomic mass is 16.5. The van der Waals surface area contributed by atoms with E-state index < -0.39 is 0 Å². The highest BCUT2D eigenvalue weighted by Crippen LogP contribution is 2.33. The number of rotatable bonds is 9. The standard InChI is InChI=1S/C31H35N3O2/c1-4-22(3)24-12-16-27(17-13-24)36-19-18-33-29-9-7-6-8-28(29)32-31(33)25-20-30(35)34(21-25)26-14-10-23(5-2)11-15-26/h6-17,22,25H,4-5,18-21H2,1-3H3. The van der Waals surface area contributed by atoms with Crippen LogP contribution in [0.2, 0.25) is 0 Å². The van der Waals surface area contributed by atoms with Gasteiger partial charge in [0.2, 0.25) is 5.91 Å². The lowest BCUT2D eigenvalue weighted by Gasteiger charge is -2.18. The summed E-state index contributed by atoms with van der Waals surface area (Å²) in [6.07, 6.45) is 2.59. The molecule has 0 saturated carbocycles. The number of carbonyl (C=O) groups excluding carboxylic acids is 1. The van der Waals surface area contributed by atoms with E-state index in [-0.39, 0.29) is 11.8 Å². The fourth-order valence-corrected chi connectivity index (χ4v) is 5.07. The fourth-order valence-electron chi connectivity index (χ4n) is 5.07. The zero-order chi connectivity index (χ0) is 25.1. The van der Waals surface area contributed by atoms with Gasteiger partial charge in [-0.2, -0.15) is 0 Å². The second-order valence-corrected chi connectivity index (χ2v) is 9.76. The maximum absolute atomic E-state index is 13.0. The molecule has 36 heavy (non-hydrogen) atoms. The van der Waals surface area contributed by atoms with Crippen LogP contribution in [0, 0.1) is 0 Å². The number of hydrogen-bond donors (Lipinski definition) is 0. The summed E-state index contributed by atoms with van der Waals surface area (Å²) in [6.45, 7) is 8.46. The van der Waals surface area contributed by atoms with Gasteiger partial charge >= 0.3 is 0 Å². The normalized spacial score (nSPS) is 16.6. The first-order chi connectivity index (χ1) is 17.6. The third-order valence-electron chi connectivity index (χ3n) is 7.48. The molecule has 5 rings (SSSR count). The number of aromatic nitrogens is 2. The molecular weight excluding hydrogens is 446 g/mol. The lowest BCUT2D eigenvalue weighted by molar-refractivity contribution is -0.117. The third kappa shape index (κ3) is 4.88. The lowest BCUT2D eigenvalue weighted by atomic mass is 9.99. The van der Waals surface area contributed by atoms with Crippen molar-refractivity contribution in [2.45, 2.75) is 58.4 Å². The Kier molecular flexibility index (Phi) is 7.08. The molecule has 1 amide bonds. The highest BCUT2D eigenvalue weighted by molar-refractivity contribution is 5.96. The summed E-state index contributed by atoms with van der Waals surface area (Å²) in [7, 11) is 0. The molecule has 3 aromatic carbocycles. The Bertz CT molecular complexity index is 1320. The van der Waals surface area contributed by atoms with Crippen LogP contribution < -0.4 is 9.64 Å². The smallest absolute Gasteiger partial charge is 0.227 e. The average molecular weight is 482 g/mol. The SMILES string of the molecule is CCc1ccc(N2CC(c3nc4ccccc4n3CCOc3ccc(C(C)CC)cc3)CC2=O)cc1. The van der Waals surface area contributed by atoms with E-state index in [9.17, 15) is 4.79 Å². The molecule has 0 N–H and O–H groups in total. The first-order valence-corrected chi connectivity index (χ1v) is 13.1. The number of para-hydroxylation sites is 2. The molecule has 2 unspecified atom stereocenters. The van der Waals surface area contributed by atoms with Crippen molar-refractivity contribution in [2.24, 2.45) is 0 Å². The molecule has 5 nitrogen and oxygen atoms in total. The molecule has 0 aliphatic carbocycles. The molecule has 186 valence electrons. The average Bonchev–Trinajstić information content (AvgIpc) is 3.49. The number of nitrogens with zero attached hydrogens (tertiary/aromatic N) is 3. The number of anilines is 1. The van der Waals surface area contributed by atoms with Gasteiger partial charge in [-0.25, -0.2) is 4.98 Å². The van der Waals surface area contributed by atoms with Crippen LogP contribution in [0.1, 0.15) is 62.4 Å². The van der Waals surface area contributed by atoms with Gasteiger partial charge in [-0.1, -0.05) is 57.2 Å². The second kappa shape index (κ2) is 10.6. The third-order valence-corrected chi connectivity index (χ3v) is 7.48. The number of amides is 1. The van der Waals surface area contributed by atoms with E-state index in [0.29, 0.717) is 32.0 Å². The van der Waals surface area contributed by atoms with E-state index in [1.54, 1.807) is 0 Å².